The average Bonchev–Trinajstić information content (AvgIpc) is 3.71. The molecule has 16 atom stereocenters. The summed E-state index contributed by atoms with van der Waals surface area (Å²) in [6.07, 6.45) is 29.9. The summed E-state index contributed by atoms with van der Waals surface area (Å²) in [6, 6.07) is 8.67. The molecular formula is C52H74N2O2. The van der Waals surface area contributed by atoms with Crippen molar-refractivity contribution >= 4 is 11.1 Å². The molecule has 0 radical (unpaired) electrons. The fourth-order valence-electron chi connectivity index (χ4n) is 16.8. The number of nitrogens with zero attached hydrogens (tertiary/aromatic N) is 2. The number of aromatic nitrogens is 2. The summed E-state index contributed by atoms with van der Waals surface area (Å²) in [6.45, 7) is 19.4. The SMILES string of the molecule is CC1C[C@@H]2[C@H](CC[C@]3(C)C(c4cccnc4)=CC[C@@H]23)[C@@]2(C)CC[C@@](C)(O)CC12.CC1C[C@@H]2[C@H](CC[C@]3(C)C(c4cccnc4)=CC[C@@H]23)[C@@]2(C)CC[C@](C)(O)CC12. The summed E-state index contributed by atoms with van der Waals surface area (Å²) < 4.78 is 0. The molecule has 0 amide bonds. The molecule has 6 fully saturated rings. The number of pyridine rings is 2. The van der Waals surface area contributed by atoms with Crippen LogP contribution in [0.15, 0.2) is 61.2 Å². The molecule has 8 aliphatic carbocycles. The van der Waals surface area contributed by atoms with Gasteiger partial charge in [0.15, 0.2) is 0 Å². The second kappa shape index (κ2) is 13.6. The van der Waals surface area contributed by atoms with E-state index in [2.05, 4.69) is 114 Å². The van der Waals surface area contributed by atoms with Crippen molar-refractivity contribution in [3.63, 3.8) is 0 Å². The summed E-state index contributed by atoms with van der Waals surface area (Å²) in [4.78, 5) is 8.81. The molecule has 4 heteroatoms. The lowest BCUT2D eigenvalue weighted by Gasteiger charge is -2.63. The third-order valence-electron chi connectivity index (χ3n) is 19.8. The van der Waals surface area contributed by atoms with Crippen LogP contribution in [-0.2, 0) is 0 Å². The monoisotopic (exact) mass is 759 g/mol. The molecule has 304 valence electrons. The normalized spacial score (nSPS) is 50.3. The van der Waals surface area contributed by atoms with Crippen LogP contribution in [0.5, 0.6) is 0 Å². The van der Waals surface area contributed by atoms with Crippen molar-refractivity contribution in [2.24, 2.45) is 80.8 Å². The van der Waals surface area contributed by atoms with Gasteiger partial charge in [0.05, 0.1) is 11.2 Å². The number of allylic oxidation sites excluding steroid dienone is 4. The van der Waals surface area contributed by atoms with Gasteiger partial charge < -0.3 is 10.2 Å². The maximum Gasteiger partial charge on any atom is 0.0623 e. The number of hydrogen-bond acceptors (Lipinski definition) is 4. The third kappa shape index (κ3) is 6.09. The standard InChI is InChI=1S/2C26H37NO/c2*1-17-14-19-21-8-7-20(18-6-5-13-27-16-18)25(21,3)10-9-22(19)26(4)12-11-24(2,28)15-23(17)26/h2*5-7,13,16-17,19,21-23,28H,8-12,14-15H2,1-4H3/t17?,19-,21-,22-,23?,24+,25+,26+;17?,19-,21-,22-,23?,24-,25+,26+/m00/s1. The number of fused-ring (bicyclic) bond motifs is 10. The summed E-state index contributed by atoms with van der Waals surface area (Å²) >= 11 is 0. The number of rotatable bonds is 2. The molecule has 56 heavy (non-hydrogen) atoms. The first-order valence-electron chi connectivity index (χ1n) is 23.2. The van der Waals surface area contributed by atoms with Gasteiger partial charge in [-0.05, 0) is 219 Å². The summed E-state index contributed by atoms with van der Waals surface area (Å²) in [7, 11) is 0. The van der Waals surface area contributed by atoms with Gasteiger partial charge in [0.25, 0.3) is 0 Å². The first kappa shape index (κ1) is 39.2. The van der Waals surface area contributed by atoms with Crippen molar-refractivity contribution in [2.45, 2.75) is 156 Å². The fourth-order valence-corrected chi connectivity index (χ4v) is 16.8. The Kier molecular flexibility index (Phi) is 9.53. The minimum absolute atomic E-state index is 0.313. The van der Waals surface area contributed by atoms with Crippen LogP contribution in [0, 0.1) is 80.8 Å². The second-order valence-electron chi connectivity index (χ2n) is 22.9. The van der Waals surface area contributed by atoms with Crippen LogP contribution in [0.25, 0.3) is 11.1 Å². The Labute approximate surface area is 339 Å². The van der Waals surface area contributed by atoms with Crippen molar-refractivity contribution in [3.8, 4) is 0 Å². The van der Waals surface area contributed by atoms with Crippen LogP contribution in [0.1, 0.15) is 156 Å². The lowest BCUT2D eigenvalue weighted by Crippen LogP contribution is -2.57. The maximum atomic E-state index is 10.8. The van der Waals surface area contributed by atoms with Gasteiger partial charge in [0.1, 0.15) is 0 Å². The molecular weight excluding hydrogens is 685 g/mol. The van der Waals surface area contributed by atoms with Gasteiger partial charge in [-0.2, -0.15) is 0 Å². The average molecular weight is 759 g/mol. The molecule has 0 aromatic carbocycles. The highest BCUT2D eigenvalue weighted by Gasteiger charge is 2.63. The van der Waals surface area contributed by atoms with Gasteiger partial charge in [0.2, 0.25) is 0 Å². The molecule has 2 aromatic rings. The minimum Gasteiger partial charge on any atom is -0.390 e. The van der Waals surface area contributed by atoms with Crippen molar-refractivity contribution in [3.05, 3.63) is 72.3 Å². The van der Waals surface area contributed by atoms with E-state index in [0.717, 1.165) is 73.0 Å². The Morgan fingerprint density at radius 1 is 0.536 bits per heavy atom. The Morgan fingerprint density at radius 2 is 0.946 bits per heavy atom. The van der Waals surface area contributed by atoms with E-state index in [-0.39, 0.29) is 0 Å². The van der Waals surface area contributed by atoms with Crippen molar-refractivity contribution in [1.29, 1.82) is 0 Å². The van der Waals surface area contributed by atoms with Crippen LogP contribution in [0.3, 0.4) is 0 Å². The zero-order chi connectivity index (χ0) is 39.5. The highest BCUT2D eigenvalue weighted by molar-refractivity contribution is 5.73. The van der Waals surface area contributed by atoms with E-state index < -0.39 is 11.2 Å². The van der Waals surface area contributed by atoms with Gasteiger partial charge >= 0.3 is 0 Å². The Morgan fingerprint density at radius 3 is 1.32 bits per heavy atom. The van der Waals surface area contributed by atoms with E-state index in [1.54, 1.807) is 11.1 Å². The molecule has 2 heterocycles. The van der Waals surface area contributed by atoms with E-state index in [4.69, 9.17) is 0 Å². The lowest BCUT2D eigenvalue weighted by molar-refractivity contribution is -0.158. The van der Waals surface area contributed by atoms with Crippen LogP contribution in [0.2, 0.25) is 0 Å². The Hall–Kier alpha value is -2.30. The molecule has 2 aromatic heterocycles. The molecule has 8 aliphatic rings. The van der Waals surface area contributed by atoms with E-state index in [0.29, 0.717) is 33.5 Å². The Bertz CT molecular complexity index is 1700. The third-order valence-corrected chi connectivity index (χ3v) is 19.8. The molecule has 0 saturated heterocycles. The highest BCUT2D eigenvalue weighted by Crippen LogP contribution is 2.71. The zero-order valence-electron chi connectivity index (χ0n) is 36.2. The molecule has 0 spiro atoms. The number of aliphatic hydroxyl groups is 2. The van der Waals surface area contributed by atoms with Crippen LogP contribution in [0.4, 0.5) is 0 Å². The van der Waals surface area contributed by atoms with Gasteiger partial charge in [-0.25, -0.2) is 0 Å². The fraction of sp³-hybridized carbons (Fsp3) is 0.731. The predicted molar refractivity (Wildman–Crippen MR) is 229 cm³/mol. The zero-order valence-corrected chi connectivity index (χ0v) is 36.2. The molecule has 0 aliphatic heterocycles. The lowest BCUT2D eigenvalue weighted by atomic mass is 9.42. The highest BCUT2D eigenvalue weighted by atomic mass is 16.3. The molecule has 6 saturated carbocycles. The van der Waals surface area contributed by atoms with Crippen LogP contribution in [-0.4, -0.2) is 31.4 Å². The van der Waals surface area contributed by atoms with E-state index in [9.17, 15) is 10.2 Å². The summed E-state index contributed by atoms with van der Waals surface area (Å²) in [5, 5.41) is 21.6. The van der Waals surface area contributed by atoms with Gasteiger partial charge in [-0.1, -0.05) is 65.8 Å². The molecule has 4 nitrogen and oxygen atoms in total. The van der Waals surface area contributed by atoms with Crippen molar-refractivity contribution in [2.75, 3.05) is 0 Å². The van der Waals surface area contributed by atoms with Gasteiger partial charge in [-0.15, -0.1) is 0 Å². The second-order valence-corrected chi connectivity index (χ2v) is 22.9. The number of hydrogen-bond donors (Lipinski definition) is 2. The van der Waals surface area contributed by atoms with Crippen molar-refractivity contribution < 1.29 is 10.2 Å². The van der Waals surface area contributed by atoms with Crippen LogP contribution >= 0.6 is 0 Å². The van der Waals surface area contributed by atoms with E-state index in [1.165, 1.54) is 75.3 Å². The summed E-state index contributed by atoms with van der Waals surface area (Å²) in [5.41, 5.74) is 6.38. The minimum atomic E-state index is -0.448. The quantitative estimate of drug-likeness (QED) is 0.320. The van der Waals surface area contributed by atoms with Crippen LogP contribution < -0.4 is 0 Å². The maximum absolute atomic E-state index is 10.8. The topological polar surface area (TPSA) is 66.2 Å². The smallest absolute Gasteiger partial charge is 0.0623 e. The largest absolute Gasteiger partial charge is 0.390 e. The first-order valence-corrected chi connectivity index (χ1v) is 23.2. The van der Waals surface area contributed by atoms with Gasteiger partial charge in [-0.3, -0.25) is 9.97 Å². The molecule has 0 bridgehead atoms. The molecule has 10 rings (SSSR count). The Balaban J connectivity index is 0.000000146. The van der Waals surface area contributed by atoms with E-state index >= 15 is 0 Å². The molecule has 2 N–H and O–H groups in total. The predicted octanol–water partition coefficient (Wildman–Crippen LogP) is 12.2. The van der Waals surface area contributed by atoms with E-state index in [1.807, 2.05) is 12.4 Å². The first-order chi connectivity index (χ1) is 26.5. The molecule has 4 unspecified atom stereocenters. The van der Waals surface area contributed by atoms with Gasteiger partial charge in [0, 0.05) is 24.8 Å². The summed E-state index contributed by atoms with van der Waals surface area (Å²) in [5.74, 6) is 7.74. The van der Waals surface area contributed by atoms with Crippen molar-refractivity contribution in [1.82, 2.24) is 9.97 Å².